The molecule has 128 valence electrons. The number of fused-ring (bicyclic) bond motifs is 1. The minimum absolute atomic E-state index is 0.0404. The summed E-state index contributed by atoms with van der Waals surface area (Å²) in [6.07, 6.45) is 0. The molecule has 0 fully saturated rings. The Kier molecular flexibility index (Phi) is 4.56. The van der Waals surface area contributed by atoms with Crippen LogP contribution in [0.15, 0.2) is 52.4 Å². The number of aromatic nitrogens is 2. The molecular weight excluding hydrogens is 326 g/mol. The number of benzene rings is 2. The van der Waals surface area contributed by atoms with E-state index in [2.05, 4.69) is 15.5 Å². The Hall–Kier alpha value is -3.09. The van der Waals surface area contributed by atoms with Gasteiger partial charge in [-0.15, -0.1) is 0 Å². The van der Waals surface area contributed by atoms with Crippen molar-refractivity contribution in [2.24, 2.45) is 5.10 Å². The van der Waals surface area contributed by atoms with Gasteiger partial charge < -0.3 is 0 Å². The summed E-state index contributed by atoms with van der Waals surface area (Å²) in [6.45, 7) is 3.74. The van der Waals surface area contributed by atoms with Gasteiger partial charge in [0.1, 0.15) is 11.6 Å². The van der Waals surface area contributed by atoms with E-state index in [0.717, 1.165) is 18.2 Å². The summed E-state index contributed by atoms with van der Waals surface area (Å²) >= 11 is 0. The average Bonchev–Trinajstić information content (AvgIpc) is 2.62. The van der Waals surface area contributed by atoms with Crippen LogP contribution < -0.4 is 11.0 Å². The zero-order chi connectivity index (χ0) is 18.0. The highest BCUT2D eigenvalue weighted by Gasteiger charge is 2.10. The molecule has 0 saturated heterocycles. The summed E-state index contributed by atoms with van der Waals surface area (Å²) in [4.78, 5) is 16.9. The van der Waals surface area contributed by atoms with E-state index in [0.29, 0.717) is 17.4 Å². The van der Waals surface area contributed by atoms with Gasteiger partial charge in [-0.1, -0.05) is 12.1 Å². The van der Waals surface area contributed by atoms with Gasteiger partial charge in [-0.3, -0.25) is 9.36 Å². The second kappa shape index (κ2) is 6.80. The maximum Gasteiger partial charge on any atom is 0.262 e. The Labute approximate surface area is 142 Å². The largest absolute Gasteiger partial charge is 0.277 e. The normalized spacial score (nSPS) is 11.8. The van der Waals surface area contributed by atoms with Crippen LogP contribution >= 0.6 is 0 Å². The van der Waals surface area contributed by atoms with Gasteiger partial charge >= 0.3 is 0 Å². The van der Waals surface area contributed by atoms with Crippen molar-refractivity contribution >= 4 is 22.6 Å². The van der Waals surface area contributed by atoms with Gasteiger partial charge in [-0.05, 0) is 44.2 Å². The number of hydrazone groups is 1. The summed E-state index contributed by atoms with van der Waals surface area (Å²) in [5.41, 5.74) is 3.31. The molecule has 2 aromatic carbocycles. The van der Waals surface area contributed by atoms with Gasteiger partial charge in [0.15, 0.2) is 0 Å². The summed E-state index contributed by atoms with van der Waals surface area (Å²) in [5.74, 6) is -0.897. The predicted molar refractivity (Wildman–Crippen MR) is 93.9 cm³/mol. The standard InChI is InChI=1S/C18H16F2N4O/c1-3-24-17(25)13-6-4-5-7-16(13)21-18(24)23-22-11(2)14-10-12(19)8-9-15(14)20/h4-10H,3H2,1-2H3,(H,21,23)/b22-11-. The Morgan fingerprint density at radius 3 is 2.76 bits per heavy atom. The lowest BCUT2D eigenvalue weighted by Gasteiger charge is -2.11. The molecular formula is C18H16F2N4O. The molecule has 0 atom stereocenters. The summed E-state index contributed by atoms with van der Waals surface area (Å²) < 4.78 is 28.6. The smallest absolute Gasteiger partial charge is 0.262 e. The minimum Gasteiger partial charge on any atom is -0.277 e. The molecule has 3 rings (SSSR count). The third-order valence-corrected chi connectivity index (χ3v) is 3.82. The summed E-state index contributed by atoms with van der Waals surface area (Å²) in [5, 5.41) is 4.57. The monoisotopic (exact) mass is 342 g/mol. The van der Waals surface area contributed by atoms with Gasteiger partial charge in [-0.2, -0.15) is 5.10 Å². The highest BCUT2D eigenvalue weighted by Crippen LogP contribution is 2.13. The fourth-order valence-corrected chi connectivity index (χ4v) is 2.52. The van der Waals surface area contributed by atoms with Crippen molar-refractivity contribution in [2.75, 3.05) is 5.43 Å². The van der Waals surface area contributed by atoms with Crippen molar-refractivity contribution in [2.45, 2.75) is 20.4 Å². The first-order chi connectivity index (χ1) is 12.0. The zero-order valence-electron chi connectivity index (χ0n) is 13.8. The number of anilines is 1. The van der Waals surface area contributed by atoms with Crippen molar-refractivity contribution in [1.82, 2.24) is 9.55 Å². The molecule has 25 heavy (non-hydrogen) atoms. The van der Waals surface area contributed by atoms with E-state index in [1.807, 2.05) is 6.92 Å². The predicted octanol–water partition coefficient (Wildman–Crippen LogP) is 3.53. The quantitative estimate of drug-likeness (QED) is 0.583. The number of halogens is 2. The van der Waals surface area contributed by atoms with Crippen molar-refractivity contribution < 1.29 is 8.78 Å². The molecule has 0 aliphatic rings. The Balaban J connectivity index is 2.03. The third kappa shape index (κ3) is 3.26. The van der Waals surface area contributed by atoms with Crippen LogP contribution in [0.5, 0.6) is 0 Å². The van der Waals surface area contributed by atoms with Gasteiger partial charge in [0.2, 0.25) is 5.95 Å². The molecule has 0 bridgehead atoms. The fourth-order valence-electron chi connectivity index (χ4n) is 2.52. The lowest BCUT2D eigenvalue weighted by molar-refractivity contribution is 0.598. The van der Waals surface area contributed by atoms with Crippen molar-refractivity contribution in [1.29, 1.82) is 0 Å². The molecule has 0 spiro atoms. The number of nitrogens with zero attached hydrogens (tertiary/aromatic N) is 3. The topological polar surface area (TPSA) is 59.3 Å². The molecule has 1 heterocycles. The maximum absolute atomic E-state index is 13.8. The summed E-state index contributed by atoms with van der Waals surface area (Å²) in [6, 6.07) is 10.1. The van der Waals surface area contributed by atoms with Crippen LogP contribution in [0.3, 0.4) is 0 Å². The zero-order valence-corrected chi connectivity index (χ0v) is 13.8. The summed E-state index contributed by atoms with van der Waals surface area (Å²) in [7, 11) is 0. The van der Waals surface area contributed by atoms with Gasteiger partial charge in [0, 0.05) is 12.1 Å². The highest BCUT2D eigenvalue weighted by molar-refractivity contribution is 5.99. The molecule has 0 amide bonds. The van der Waals surface area contributed by atoms with E-state index in [1.54, 1.807) is 31.2 Å². The second-order valence-corrected chi connectivity index (χ2v) is 5.44. The first kappa shape index (κ1) is 16.8. The number of hydrogen-bond acceptors (Lipinski definition) is 4. The van der Waals surface area contributed by atoms with Crippen LogP contribution in [0.1, 0.15) is 19.4 Å². The average molecular weight is 342 g/mol. The van der Waals surface area contributed by atoms with E-state index >= 15 is 0 Å². The van der Waals surface area contributed by atoms with E-state index in [9.17, 15) is 13.6 Å². The van der Waals surface area contributed by atoms with Crippen molar-refractivity contribution in [3.63, 3.8) is 0 Å². The van der Waals surface area contributed by atoms with E-state index < -0.39 is 11.6 Å². The SMILES string of the molecule is CCn1c(N/N=C(/C)c2cc(F)ccc2F)nc2ccccc2c1=O. The van der Waals surface area contributed by atoms with Crippen LogP contribution in [0.25, 0.3) is 10.9 Å². The number of hydrogen-bond donors (Lipinski definition) is 1. The van der Waals surface area contributed by atoms with E-state index in [-0.39, 0.29) is 22.8 Å². The molecule has 7 heteroatoms. The number of para-hydroxylation sites is 1. The number of nitrogens with one attached hydrogen (secondary N) is 1. The first-order valence-electron chi connectivity index (χ1n) is 7.76. The van der Waals surface area contributed by atoms with Gasteiger partial charge in [0.05, 0.1) is 16.6 Å². The molecule has 3 aromatic rings. The van der Waals surface area contributed by atoms with Crippen LogP contribution in [-0.4, -0.2) is 15.3 Å². The molecule has 0 radical (unpaired) electrons. The lowest BCUT2D eigenvalue weighted by Crippen LogP contribution is -2.23. The van der Waals surface area contributed by atoms with Gasteiger partial charge in [0.25, 0.3) is 5.56 Å². The molecule has 0 unspecified atom stereocenters. The molecule has 0 aliphatic heterocycles. The maximum atomic E-state index is 13.8. The molecule has 0 saturated carbocycles. The Morgan fingerprint density at radius 2 is 2.00 bits per heavy atom. The minimum atomic E-state index is -0.580. The molecule has 1 aromatic heterocycles. The van der Waals surface area contributed by atoms with E-state index in [1.165, 1.54) is 4.57 Å². The lowest BCUT2D eigenvalue weighted by atomic mass is 10.1. The Bertz CT molecular complexity index is 1030. The Morgan fingerprint density at radius 1 is 1.24 bits per heavy atom. The van der Waals surface area contributed by atoms with Crippen molar-refractivity contribution in [3.05, 3.63) is 70.0 Å². The van der Waals surface area contributed by atoms with Crippen LogP contribution in [0.2, 0.25) is 0 Å². The first-order valence-corrected chi connectivity index (χ1v) is 7.76. The molecule has 5 nitrogen and oxygen atoms in total. The second-order valence-electron chi connectivity index (χ2n) is 5.44. The van der Waals surface area contributed by atoms with Crippen LogP contribution in [0.4, 0.5) is 14.7 Å². The number of rotatable bonds is 4. The third-order valence-electron chi connectivity index (χ3n) is 3.82. The van der Waals surface area contributed by atoms with Crippen LogP contribution in [0, 0.1) is 11.6 Å². The van der Waals surface area contributed by atoms with E-state index in [4.69, 9.17) is 0 Å². The fraction of sp³-hybridized carbons (Fsp3) is 0.167. The molecule has 0 aliphatic carbocycles. The highest BCUT2D eigenvalue weighted by atomic mass is 19.1. The van der Waals surface area contributed by atoms with Crippen molar-refractivity contribution in [3.8, 4) is 0 Å². The van der Waals surface area contributed by atoms with Crippen LogP contribution in [-0.2, 0) is 6.54 Å². The van der Waals surface area contributed by atoms with Gasteiger partial charge in [-0.25, -0.2) is 19.2 Å². The molecule has 1 N–H and O–H groups in total.